The number of aromatic nitrogens is 2. The van der Waals surface area contributed by atoms with E-state index < -0.39 is 0 Å². The highest BCUT2D eigenvalue weighted by Gasteiger charge is 2.26. The Bertz CT molecular complexity index is 1270. The molecule has 0 bridgehead atoms. The maximum atomic E-state index is 13.4. The molecule has 1 aliphatic heterocycles. The minimum Gasteiger partial charge on any atom is -0.320 e. The summed E-state index contributed by atoms with van der Waals surface area (Å²) in [7, 11) is 0. The highest BCUT2D eigenvalue weighted by atomic mass is 35.5. The van der Waals surface area contributed by atoms with E-state index in [1.54, 1.807) is 30.3 Å². The van der Waals surface area contributed by atoms with Crippen LogP contribution in [0.3, 0.4) is 0 Å². The number of fused-ring (bicyclic) bond motifs is 1. The third-order valence-corrected chi connectivity index (χ3v) is 5.10. The van der Waals surface area contributed by atoms with E-state index in [4.69, 9.17) is 11.6 Å². The Hall–Kier alpha value is -3.90. The van der Waals surface area contributed by atoms with Crippen molar-refractivity contribution in [2.24, 2.45) is 4.99 Å². The summed E-state index contributed by atoms with van der Waals surface area (Å²) in [6.45, 7) is 0. The number of rotatable bonds is 3. The summed E-state index contributed by atoms with van der Waals surface area (Å²) in [6.07, 6.45) is 0. The van der Waals surface area contributed by atoms with Crippen molar-refractivity contribution in [2.75, 3.05) is 5.32 Å². The first-order valence-electron chi connectivity index (χ1n) is 9.47. The average Bonchev–Trinajstić information content (AvgIpc) is 3.09. The molecule has 0 atom stereocenters. The molecule has 0 radical (unpaired) electrons. The molecule has 150 valence electrons. The largest absolute Gasteiger partial charge is 0.320 e. The highest BCUT2D eigenvalue weighted by Crippen LogP contribution is 2.29. The van der Waals surface area contributed by atoms with Crippen LogP contribution >= 0.6 is 11.6 Å². The molecule has 2 heterocycles. The zero-order valence-corrected chi connectivity index (χ0v) is 16.8. The van der Waals surface area contributed by atoms with Crippen LogP contribution in [0.2, 0.25) is 5.02 Å². The fraction of sp³-hybridized carbons (Fsp3) is 0. The molecule has 3 aromatic carbocycles. The number of nitrogens with one attached hydrogen (secondary N) is 1. The third kappa shape index (κ3) is 3.81. The van der Waals surface area contributed by atoms with Gasteiger partial charge < -0.3 is 5.32 Å². The predicted molar refractivity (Wildman–Crippen MR) is 119 cm³/mol. The number of benzene rings is 3. The first-order valence-corrected chi connectivity index (χ1v) is 9.85. The number of aliphatic imine (C=N–C) groups is 1. The van der Waals surface area contributed by atoms with Gasteiger partial charge in [0.25, 0.3) is 11.9 Å². The Morgan fingerprint density at radius 1 is 0.839 bits per heavy atom. The Balaban J connectivity index is 1.67. The van der Waals surface area contributed by atoms with Crippen molar-refractivity contribution in [2.45, 2.75) is 0 Å². The van der Waals surface area contributed by atoms with Gasteiger partial charge in [-0.25, -0.2) is 19.4 Å². The molecule has 5 rings (SSSR count). The van der Waals surface area contributed by atoms with Gasteiger partial charge in [-0.1, -0.05) is 41.9 Å². The third-order valence-electron chi connectivity index (χ3n) is 4.85. The van der Waals surface area contributed by atoms with Crippen LogP contribution in [0.5, 0.6) is 0 Å². The Morgan fingerprint density at radius 3 is 2.13 bits per heavy atom. The lowest BCUT2D eigenvalue weighted by molar-refractivity contribution is -0.110. The molecule has 0 saturated carbocycles. The monoisotopic (exact) mass is 428 g/mol. The second-order valence-corrected chi connectivity index (χ2v) is 7.35. The van der Waals surface area contributed by atoms with Gasteiger partial charge in [-0.2, -0.15) is 0 Å². The van der Waals surface area contributed by atoms with Gasteiger partial charge in [0.1, 0.15) is 11.5 Å². The zero-order valence-electron chi connectivity index (χ0n) is 16.0. The molecule has 0 fully saturated rings. The number of carbonyl (C=O) groups is 1. The molecule has 31 heavy (non-hydrogen) atoms. The molecule has 7 heteroatoms. The summed E-state index contributed by atoms with van der Waals surface area (Å²) >= 11 is 6.02. The van der Waals surface area contributed by atoms with E-state index in [1.807, 2.05) is 36.4 Å². The zero-order chi connectivity index (χ0) is 21.4. The predicted octanol–water partition coefficient (Wildman–Crippen LogP) is 5.68. The molecule has 5 nitrogen and oxygen atoms in total. The Labute approximate surface area is 182 Å². The molecule has 0 spiro atoms. The van der Waals surface area contributed by atoms with Gasteiger partial charge in [-0.15, -0.1) is 0 Å². The lowest BCUT2D eigenvalue weighted by Gasteiger charge is -2.07. The van der Waals surface area contributed by atoms with Crippen LogP contribution in [0.1, 0.15) is 5.56 Å². The molecule has 0 aliphatic carbocycles. The minimum atomic E-state index is -0.338. The van der Waals surface area contributed by atoms with Crippen LogP contribution in [0.25, 0.3) is 22.5 Å². The van der Waals surface area contributed by atoms with E-state index in [-0.39, 0.29) is 23.4 Å². The van der Waals surface area contributed by atoms with Gasteiger partial charge in [0.15, 0.2) is 0 Å². The molecule has 1 amide bonds. The molecule has 4 aromatic rings. The van der Waals surface area contributed by atoms with Gasteiger partial charge in [-0.3, -0.25) is 4.79 Å². The van der Waals surface area contributed by atoms with Crippen molar-refractivity contribution in [3.63, 3.8) is 0 Å². The smallest absolute Gasteiger partial charge is 0.275 e. The number of nitrogens with zero attached hydrogens (tertiary/aromatic N) is 3. The van der Waals surface area contributed by atoms with Crippen LogP contribution in [0, 0.1) is 5.82 Å². The van der Waals surface area contributed by atoms with Crippen molar-refractivity contribution < 1.29 is 9.18 Å². The molecule has 1 N–H and O–H groups in total. The van der Waals surface area contributed by atoms with Crippen molar-refractivity contribution in [3.05, 3.63) is 95.3 Å². The molecule has 1 aliphatic rings. The van der Waals surface area contributed by atoms with Crippen LogP contribution in [-0.2, 0) is 4.79 Å². The minimum absolute atomic E-state index is 0.133. The standard InChI is InChI=1S/C24H14ClFN4O/c25-16-9-5-14(6-10-16)20-13-21(15-7-11-17(26)12-8-15)29-24(28-20)30-22-18-3-1-2-4-19(18)27-23(22)31/h1-13H,(H,27,28,29,30,31). The second-order valence-electron chi connectivity index (χ2n) is 6.91. The van der Waals surface area contributed by atoms with Gasteiger partial charge >= 0.3 is 0 Å². The van der Waals surface area contributed by atoms with E-state index in [2.05, 4.69) is 20.3 Å². The quantitative estimate of drug-likeness (QED) is 0.456. The summed E-state index contributed by atoms with van der Waals surface area (Å²) in [6, 6.07) is 22.3. The second kappa shape index (κ2) is 7.74. The fourth-order valence-electron chi connectivity index (χ4n) is 3.34. The van der Waals surface area contributed by atoms with Gasteiger partial charge in [0, 0.05) is 21.7 Å². The summed E-state index contributed by atoms with van der Waals surface area (Å²) in [5.74, 6) is -0.519. The first-order chi connectivity index (χ1) is 15.1. The lowest BCUT2D eigenvalue weighted by atomic mass is 10.1. The van der Waals surface area contributed by atoms with E-state index in [1.165, 1.54) is 12.1 Å². The Kier molecular flexibility index (Phi) is 4.76. The molecular weight excluding hydrogens is 415 g/mol. The summed E-state index contributed by atoms with van der Waals surface area (Å²) in [5, 5.41) is 3.40. The van der Waals surface area contributed by atoms with E-state index >= 15 is 0 Å². The number of carbonyl (C=O) groups excluding carboxylic acids is 1. The van der Waals surface area contributed by atoms with Crippen LogP contribution in [-0.4, -0.2) is 21.6 Å². The average molecular weight is 429 g/mol. The number of amides is 1. The van der Waals surface area contributed by atoms with E-state index in [9.17, 15) is 9.18 Å². The van der Waals surface area contributed by atoms with Gasteiger partial charge in [0.2, 0.25) is 0 Å². The highest BCUT2D eigenvalue weighted by molar-refractivity contribution is 6.54. The van der Waals surface area contributed by atoms with Crippen LogP contribution in [0.4, 0.5) is 16.0 Å². The first kappa shape index (κ1) is 19.1. The summed E-state index contributed by atoms with van der Waals surface area (Å²) in [4.78, 5) is 26.0. The number of para-hydroxylation sites is 1. The van der Waals surface area contributed by atoms with Crippen molar-refractivity contribution in [1.29, 1.82) is 0 Å². The normalized spacial score (nSPS) is 13.9. The molecule has 0 unspecified atom stereocenters. The van der Waals surface area contributed by atoms with Crippen molar-refractivity contribution >= 4 is 34.9 Å². The molecule has 0 saturated heterocycles. The molecular formula is C24H14ClFN4O. The number of anilines is 1. The van der Waals surface area contributed by atoms with Crippen LogP contribution < -0.4 is 5.32 Å². The topological polar surface area (TPSA) is 67.2 Å². The fourth-order valence-corrected chi connectivity index (χ4v) is 3.46. The lowest BCUT2D eigenvalue weighted by Crippen LogP contribution is -2.14. The number of halogens is 2. The number of hydrogen-bond donors (Lipinski definition) is 1. The van der Waals surface area contributed by atoms with Crippen molar-refractivity contribution in [1.82, 2.24) is 9.97 Å². The van der Waals surface area contributed by atoms with Crippen LogP contribution in [0.15, 0.2) is 83.9 Å². The maximum absolute atomic E-state index is 13.4. The Morgan fingerprint density at radius 2 is 1.45 bits per heavy atom. The van der Waals surface area contributed by atoms with Gasteiger partial charge in [-0.05, 0) is 48.5 Å². The van der Waals surface area contributed by atoms with E-state index in [0.29, 0.717) is 33.2 Å². The number of hydrogen-bond acceptors (Lipinski definition) is 4. The summed E-state index contributed by atoms with van der Waals surface area (Å²) in [5.41, 5.74) is 4.32. The SMILES string of the molecule is O=C1Nc2ccccc2/C1=N/c1nc(-c2ccc(F)cc2)cc(-c2ccc(Cl)cc2)n1. The summed E-state index contributed by atoms with van der Waals surface area (Å²) < 4.78 is 13.4. The van der Waals surface area contributed by atoms with Crippen molar-refractivity contribution in [3.8, 4) is 22.5 Å². The van der Waals surface area contributed by atoms with E-state index in [0.717, 1.165) is 5.56 Å². The maximum Gasteiger partial charge on any atom is 0.275 e. The van der Waals surface area contributed by atoms with Gasteiger partial charge in [0.05, 0.1) is 17.1 Å². The molecule has 1 aromatic heterocycles.